The molecule has 7 heteroatoms. The molecule has 3 rings (SSSR count). The van der Waals surface area contributed by atoms with Crippen LogP contribution in [0.2, 0.25) is 0 Å². The molecule has 2 heterocycles. The summed E-state index contributed by atoms with van der Waals surface area (Å²) < 4.78 is 18.0. The van der Waals surface area contributed by atoms with Crippen LogP contribution in [-0.2, 0) is 13.2 Å². The summed E-state index contributed by atoms with van der Waals surface area (Å²) in [7, 11) is 0. The van der Waals surface area contributed by atoms with Gasteiger partial charge in [0.15, 0.2) is 11.5 Å². The normalized spacial score (nSPS) is 12.4. The minimum absolute atomic E-state index is 0.0433. The third-order valence-electron chi connectivity index (χ3n) is 3.22. The highest BCUT2D eigenvalue weighted by molar-refractivity contribution is 5.92. The maximum Gasteiger partial charge on any atom is 0.339 e. The standard InChI is InChI=1S/C14H14N2O5/c1-2-16-7-15-5-9(16)6-19-11-4-13-12(20-8-21-13)3-10(11)14(17)18/h3-5,7H,2,6,8H2,1H3,(H,17,18). The highest BCUT2D eigenvalue weighted by Crippen LogP contribution is 2.38. The first kappa shape index (κ1) is 13.3. The van der Waals surface area contributed by atoms with E-state index in [4.69, 9.17) is 14.2 Å². The van der Waals surface area contributed by atoms with Crippen molar-refractivity contribution in [2.75, 3.05) is 6.79 Å². The van der Waals surface area contributed by atoms with Gasteiger partial charge in [0, 0.05) is 18.7 Å². The topological polar surface area (TPSA) is 82.8 Å². The van der Waals surface area contributed by atoms with E-state index >= 15 is 0 Å². The summed E-state index contributed by atoms with van der Waals surface area (Å²) >= 11 is 0. The molecule has 21 heavy (non-hydrogen) atoms. The fourth-order valence-electron chi connectivity index (χ4n) is 2.11. The second kappa shape index (κ2) is 5.35. The van der Waals surface area contributed by atoms with Crippen LogP contribution in [-0.4, -0.2) is 27.4 Å². The van der Waals surface area contributed by atoms with Gasteiger partial charge in [0.05, 0.1) is 18.2 Å². The lowest BCUT2D eigenvalue weighted by atomic mass is 10.2. The van der Waals surface area contributed by atoms with Crippen LogP contribution >= 0.6 is 0 Å². The molecule has 0 spiro atoms. The molecule has 0 aliphatic carbocycles. The zero-order chi connectivity index (χ0) is 14.8. The third-order valence-corrected chi connectivity index (χ3v) is 3.22. The molecule has 1 aromatic heterocycles. The van der Waals surface area contributed by atoms with Crippen LogP contribution < -0.4 is 14.2 Å². The molecule has 0 amide bonds. The van der Waals surface area contributed by atoms with Crippen LogP contribution in [0.1, 0.15) is 23.0 Å². The molecule has 0 saturated carbocycles. The monoisotopic (exact) mass is 290 g/mol. The van der Waals surface area contributed by atoms with Crippen molar-refractivity contribution in [3.63, 3.8) is 0 Å². The highest BCUT2D eigenvalue weighted by Gasteiger charge is 2.21. The summed E-state index contributed by atoms with van der Waals surface area (Å²) in [5.74, 6) is 0.0697. The number of hydrogen-bond acceptors (Lipinski definition) is 5. The minimum Gasteiger partial charge on any atom is -0.486 e. The number of aromatic carboxylic acids is 1. The van der Waals surface area contributed by atoms with Gasteiger partial charge >= 0.3 is 5.97 Å². The smallest absolute Gasteiger partial charge is 0.339 e. The third kappa shape index (κ3) is 2.49. The average Bonchev–Trinajstić information content (AvgIpc) is 3.11. The van der Waals surface area contributed by atoms with E-state index in [0.29, 0.717) is 11.5 Å². The first-order valence-electron chi connectivity index (χ1n) is 6.47. The summed E-state index contributed by atoms with van der Waals surface area (Å²) in [6.45, 7) is 3.08. The molecular weight excluding hydrogens is 276 g/mol. The Bertz CT molecular complexity index is 680. The molecule has 0 atom stereocenters. The van der Waals surface area contributed by atoms with E-state index < -0.39 is 5.97 Å². The van der Waals surface area contributed by atoms with E-state index in [1.807, 2.05) is 11.5 Å². The van der Waals surface area contributed by atoms with Gasteiger partial charge in [0.2, 0.25) is 6.79 Å². The fraction of sp³-hybridized carbons (Fsp3) is 0.286. The number of hydrogen-bond donors (Lipinski definition) is 1. The SMILES string of the molecule is CCn1cncc1COc1cc2c(cc1C(=O)O)OCO2. The van der Waals surface area contributed by atoms with Gasteiger partial charge in [-0.05, 0) is 6.92 Å². The Labute approximate surface area is 120 Å². The van der Waals surface area contributed by atoms with Gasteiger partial charge in [0.25, 0.3) is 0 Å². The van der Waals surface area contributed by atoms with Crippen molar-refractivity contribution >= 4 is 5.97 Å². The van der Waals surface area contributed by atoms with E-state index in [0.717, 1.165) is 12.2 Å². The maximum absolute atomic E-state index is 11.3. The predicted octanol–water partition coefficient (Wildman–Crippen LogP) is 1.91. The van der Waals surface area contributed by atoms with Crippen LogP contribution in [0.5, 0.6) is 17.2 Å². The lowest BCUT2D eigenvalue weighted by molar-refractivity contribution is 0.0691. The van der Waals surface area contributed by atoms with E-state index in [9.17, 15) is 9.90 Å². The number of nitrogens with zero attached hydrogens (tertiary/aromatic N) is 2. The van der Waals surface area contributed by atoms with Crippen molar-refractivity contribution in [3.05, 3.63) is 35.9 Å². The van der Waals surface area contributed by atoms with Crippen molar-refractivity contribution in [1.29, 1.82) is 0 Å². The summed E-state index contributed by atoms with van der Waals surface area (Å²) in [4.78, 5) is 15.4. The fourth-order valence-corrected chi connectivity index (χ4v) is 2.11. The number of rotatable bonds is 5. The van der Waals surface area contributed by atoms with Gasteiger partial charge in [0.1, 0.15) is 17.9 Å². The number of aromatic nitrogens is 2. The van der Waals surface area contributed by atoms with Gasteiger partial charge in [-0.25, -0.2) is 9.78 Å². The average molecular weight is 290 g/mol. The van der Waals surface area contributed by atoms with Crippen LogP contribution in [0, 0.1) is 0 Å². The van der Waals surface area contributed by atoms with Crippen molar-refractivity contribution in [3.8, 4) is 17.2 Å². The summed E-state index contributed by atoms with van der Waals surface area (Å²) in [6.07, 6.45) is 3.40. The molecule has 0 unspecified atom stereocenters. The largest absolute Gasteiger partial charge is 0.486 e. The van der Waals surface area contributed by atoms with Gasteiger partial charge in [-0.2, -0.15) is 0 Å². The zero-order valence-corrected chi connectivity index (χ0v) is 11.4. The number of carboxylic acids is 1. The lowest BCUT2D eigenvalue weighted by Gasteiger charge is -2.11. The summed E-state index contributed by atoms with van der Waals surface area (Å²) in [5, 5.41) is 9.26. The van der Waals surface area contributed by atoms with Gasteiger partial charge in [-0.15, -0.1) is 0 Å². The Balaban J connectivity index is 1.86. The van der Waals surface area contributed by atoms with Crippen LogP contribution in [0.25, 0.3) is 0 Å². The van der Waals surface area contributed by atoms with Crippen LogP contribution in [0.15, 0.2) is 24.7 Å². The molecule has 1 aromatic carbocycles. The summed E-state index contributed by atoms with van der Waals surface area (Å²) in [5.41, 5.74) is 0.910. The maximum atomic E-state index is 11.3. The molecule has 0 fully saturated rings. The zero-order valence-electron chi connectivity index (χ0n) is 11.4. The molecule has 0 radical (unpaired) electrons. The van der Waals surface area contributed by atoms with E-state index in [1.54, 1.807) is 18.6 Å². The molecular formula is C14H14N2O5. The van der Waals surface area contributed by atoms with Crippen molar-refractivity contribution < 1.29 is 24.1 Å². The van der Waals surface area contributed by atoms with Gasteiger partial charge in [-0.1, -0.05) is 0 Å². The van der Waals surface area contributed by atoms with Gasteiger partial charge in [-0.3, -0.25) is 0 Å². The first-order chi connectivity index (χ1) is 10.2. The van der Waals surface area contributed by atoms with Crippen molar-refractivity contribution in [1.82, 2.24) is 9.55 Å². The quantitative estimate of drug-likeness (QED) is 0.905. The number of ether oxygens (including phenoxy) is 3. The number of fused-ring (bicyclic) bond motifs is 1. The molecule has 0 saturated heterocycles. The van der Waals surface area contributed by atoms with E-state index in [1.165, 1.54) is 6.07 Å². The molecule has 2 aromatic rings. The van der Waals surface area contributed by atoms with Crippen LogP contribution in [0.4, 0.5) is 0 Å². The second-order valence-corrected chi connectivity index (χ2v) is 4.47. The number of carboxylic acid groups (broad SMARTS) is 1. The molecule has 0 bridgehead atoms. The molecule has 1 aliphatic rings. The Morgan fingerprint density at radius 3 is 2.90 bits per heavy atom. The molecule has 1 N–H and O–H groups in total. The minimum atomic E-state index is -1.08. The second-order valence-electron chi connectivity index (χ2n) is 4.47. The molecule has 110 valence electrons. The lowest BCUT2D eigenvalue weighted by Crippen LogP contribution is -2.07. The van der Waals surface area contributed by atoms with Crippen molar-refractivity contribution in [2.45, 2.75) is 20.1 Å². The molecule has 1 aliphatic heterocycles. The summed E-state index contributed by atoms with van der Waals surface area (Å²) in [6, 6.07) is 2.95. The van der Waals surface area contributed by atoms with Gasteiger partial charge < -0.3 is 23.9 Å². The van der Waals surface area contributed by atoms with E-state index in [-0.39, 0.29) is 24.7 Å². The number of carbonyl (C=O) groups is 1. The Kier molecular flexibility index (Phi) is 3.39. The van der Waals surface area contributed by atoms with E-state index in [2.05, 4.69) is 4.98 Å². The predicted molar refractivity (Wildman–Crippen MR) is 71.8 cm³/mol. The first-order valence-corrected chi connectivity index (χ1v) is 6.47. The number of aryl methyl sites for hydroxylation is 1. The number of benzene rings is 1. The Hall–Kier alpha value is -2.70. The Morgan fingerprint density at radius 2 is 2.19 bits per heavy atom. The number of imidazole rings is 1. The Morgan fingerprint density at radius 1 is 1.43 bits per heavy atom. The highest BCUT2D eigenvalue weighted by atomic mass is 16.7. The van der Waals surface area contributed by atoms with Crippen LogP contribution in [0.3, 0.4) is 0 Å². The van der Waals surface area contributed by atoms with Crippen molar-refractivity contribution in [2.24, 2.45) is 0 Å². The molecule has 7 nitrogen and oxygen atoms in total.